The molecule has 1 fully saturated rings. The van der Waals surface area contributed by atoms with Crippen LogP contribution in [-0.4, -0.2) is 0 Å². The van der Waals surface area contributed by atoms with Crippen LogP contribution in [0, 0.1) is 45.4 Å². The van der Waals surface area contributed by atoms with Gasteiger partial charge in [0, 0.05) is 5.56 Å². The van der Waals surface area contributed by atoms with Crippen molar-refractivity contribution < 1.29 is 4.39 Å². The third-order valence-electron chi connectivity index (χ3n) is 6.02. The molecule has 1 aliphatic rings. The maximum Gasteiger partial charge on any atom is 0.142 e. The van der Waals surface area contributed by atoms with Gasteiger partial charge in [0.15, 0.2) is 0 Å². The number of hydrogen-bond donors (Lipinski definition) is 0. The lowest BCUT2D eigenvalue weighted by Gasteiger charge is -2.24. The average molecular weight is 443 g/mol. The largest absolute Gasteiger partial charge is 0.205 e. The van der Waals surface area contributed by atoms with Gasteiger partial charge < -0.3 is 0 Å². The summed E-state index contributed by atoms with van der Waals surface area (Å²) in [7, 11) is 0. The van der Waals surface area contributed by atoms with Crippen molar-refractivity contribution in [2.24, 2.45) is 0 Å². The highest BCUT2D eigenvalue weighted by molar-refractivity contribution is 5.47. The highest BCUT2D eigenvalue weighted by Crippen LogP contribution is 2.36. The molecule has 0 spiro atoms. The van der Waals surface area contributed by atoms with E-state index in [0.29, 0.717) is 11.5 Å². The highest BCUT2D eigenvalue weighted by Gasteiger charge is 2.22. The summed E-state index contributed by atoms with van der Waals surface area (Å²) in [6, 6.07) is 20.3. The fourth-order valence-corrected chi connectivity index (χ4v) is 4.09. The minimum Gasteiger partial charge on any atom is -0.205 e. The molecule has 1 saturated carbocycles. The van der Waals surface area contributed by atoms with Crippen LogP contribution in [-0.2, 0) is 0 Å². The Hall–Kier alpha value is -2.85. The second-order valence-corrected chi connectivity index (χ2v) is 8.76. The number of aryl methyl sites for hydroxylation is 4. The van der Waals surface area contributed by atoms with E-state index in [1.54, 1.807) is 0 Å². The zero-order chi connectivity index (χ0) is 24.2. The van der Waals surface area contributed by atoms with Gasteiger partial charge in [0.25, 0.3) is 0 Å². The first-order valence-corrected chi connectivity index (χ1v) is 12.3. The van der Waals surface area contributed by atoms with E-state index in [-0.39, 0.29) is 5.82 Å². The SMILES string of the molecule is CC.Cc1ccc(C#Cc2ccc(C)c(C3CCCCC3)c2F)cc1.Cc1ccc(C)cc1. The van der Waals surface area contributed by atoms with Crippen molar-refractivity contribution in [3.63, 3.8) is 0 Å². The topological polar surface area (TPSA) is 0 Å². The molecule has 3 aromatic carbocycles. The monoisotopic (exact) mass is 442 g/mol. The van der Waals surface area contributed by atoms with Crippen molar-refractivity contribution in [2.45, 2.75) is 79.6 Å². The molecule has 1 aliphatic carbocycles. The summed E-state index contributed by atoms with van der Waals surface area (Å²) in [5, 5.41) is 0. The Labute approximate surface area is 201 Å². The molecule has 3 aromatic rings. The van der Waals surface area contributed by atoms with Crippen LogP contribution in [0.15, 0.2) is 60.7 Å². The maximum atomic E-state index is 15.0. The standard InChI is InChI=1S/C22H23F.C8H10.C2H6/c1-16-8-11-18(12-9-16)13-15-20-14-10-17(2)21(22(20)23)19-6-4-3-5-7-19;1-7-3-5-8(2)6-4-7;1-2/h8-12,14,19H,3-7H2,1-2H3;3-6H,1-2H3;1-2H3. The van der Waals surface area contributed by atoms with Crippen LogP contribution in [0.5, 0.6) is 0 Å². The van der Waals surface area contributed by atoms with Gasteiger partial charge in [0.05, 0.1) is 5.56 Å². The van der Waals surface area contributed by atoms with E-state index in [9.17, 15) is 4.39 Å². The minimum absolute atomic E-state index is 0.100. The first-order valence-electron chi connectivity index (χ1n) is 12.3. The third-order valence-corrected chi connectivity index (χ3v) is 6.02. The van der Waals surface area contributed by atoms with E-state index in [2.05, 4.69) is 50.0 Å². The normalized spacial score (nSPS) is 12.9. The number of halogens is 1. The van der Waals surface area contributed by atoms with Crippen LogP contribution in [0.3, 0.4) is 0 Å². The molecule has 0 aromatic heterocycles. The molecule has 0 amide bonds. The van der Waals surface area contributed by atoms with Crippen LogP contribution in [0.4, 0.5) is 4.39 Å². The molecule has 174 valence electrons. The van der Waals surface area contributed by atoms with Crippen molar-refractivity contribution in [3.05, 3.63) is 105 Å². The van der Waals surface area contributed by atoms with Crippen LogP contribution in [0.2, 0.25) is 0 Å². The number of rotatable bonds is 1. The zero-order valence-electron chi connectivity index (χ0n) is 21.3. The van der Waals surface area contributed by atoms with Crippen LogP contribution >= 0.6 is 0 Å². The average Bonchev–Trinajstić information content (AvgIpc) is 2.84. The van der Waals surface area contributed by atoms with Crippen LogP contribution < -0.4 is 0 Å². The van der Waals surface area contributed by atoms with E-state index < -0.39 is 0 Å². The quantitative estimate of drug-likeness (QED) is 0.329. The lowest BCUT2D eigenvalue weighted by Crippen LogP contribution is -2.09. The molecule has 0 aliphatic heterocycles. The van der Waals surface area contributed by atoms with Crippen molar-refractivity contribution in [1.82, 2.24) is 0 Å². The minimum atomic E-state index is -0.100. The Morgan fingerprint density at radius 2 is 1.12 bits per heavy atom. The highest BCUT2D eigenvalue weighted by atomic mass is 19.1. The smallest absolute Gasteiger partial charge is 0.142 e. The molecule has 0 bridgehead atoms. The maximum absolute atomic E-state index is 15.0. The molecule has 0 nitrogen and oxygen atoms in total. The molecule has 1 heteroatoms. The van der Waals surface area contributed by atoms with E-state index >= 15 is 0 Å². The first-order chi connectivity index (χ1) is 15.9. The third kappa shape index (κ3) is 8.21. The fraction of sp³-hybridized carbons (Fsp3) is 0.375. The molecule has 0 saturated heterocycles. The molecular formula is C32H39F. The summed E-state index contributed by atoms with van der Waals surface area (Å²) < 4.78 is 15.0. The summed E-state index contributed by atoms with van der Waals surface area (Å²) in [6.07, 6.45) is 5.91. The molecular weight excluding hydrogens is 403 g/mol. The summed E-state index contributed by atoms with van der Waals surface area (Å²) in [4.78, 5) is 0. The lowest BCUT2D eigenvalue weighted by atomic mass is 9.81. The van der Waals surface area contributed by atoms with E-state index in [1.807, 2.05) is 64.1 Å². The fourth-order valence-electron chi connectivity index (χ4n) is 4.09. The van der Waals surface area contributed by atoms with Gasteiger partial charge >= 0.3 is 0 Å². The van der Waals surface area contributed by atoms with Gasteiger partial charge in [-0.05, 0) is 75.8 Å². The van der Waals surface area contributed by atoms with E-state index in [1.165, 1.54) is 36.0 Å². The van der Waals surface area contributed by atoms with Crippen molar-refractivity contribution >= 4 is 0 Å². The molecule has 4 rings (SSSR count). The lowest BCUT2D eigenvalue weighted by molar-refractivity contribution is 0.428. The predicted octanol–water partition coefficient (Wildman–Crippen LogP) is 9.22. The molecule has 0 unspecified atom stereocenters. The molecule has 0 heterocycles. The van der Waals surface area contributed by atoms with Crippen molar-refractivity contribution in [3.8, 4) is 11.8 Å². The molecule has 0 N–H and O–H groups in total. The first kappa shape index (κ1) is 26.4. The Bertz CT molecular complexity index is 1020. The second kappa shape index (κ2) is 13.6. The Kier molecular flexibility index (Phi) is 10.9. The summed E-state index contributed by atoms with van der Waals surface area (Å²) in [5.74, 6) is 6.38. The van der Waals surface area contributed by atoms with Crippen LogP contribution in [0.1, 0.15) is 90.8 Å². The Morgan fingerprint density at radius 1 is 0.636 bits per heavy atom. The molecule has 0 atom stereocenters. The van der Waals surface area contributed by atoms with E-state index in [0.717, 1.165) is 29.5 Å². The van der Waals surface area contributed by atoms with Gasteiger partial charge in [0.1, 0.15) is 5.82 Å². The second-order valence-electron chi connectivity index (χ2n) is 8.76. The summed E-state index contributed by atoms with van der Waals surface area (Å²) >= 11 is 0. The number of hydrogen-bond acceptors (Lipinski definition) is 0. The van der Waals surface area contributed by atoms with Gasteiger partial charge in [-0.25, -0.2) is 4.39 Å². The van der Waals surface area contributed by atoms with Crippen molar-refractivity contribution in [2.75, 3.05) is 0 Å². The Morgan fingerprint density at radius 3 is 1.64 bits per heavy atom. The zero-order valence-corrected chi connectivity index (χ0v) is 21.3. The van der Waals surface area contributed by atoms with Crippen molar-refractivity contribution in [1.29, 1.82) is 0 Å². The van der Waals surface area contributed by atoms with Gasteiger partial charge in [-0.2, -0.15) is 0 Å². The van der Waals surface area contributed by atoms with Gasteiger partial charge in [-0.3, -0.25) is 0 Å². The van der Waals surface area contributed by atoms with Gasteiger partial charge in [0.2, 0.25) is 0 Å². The molecule has 33 heavy (non-hydrogen) atoms. The Balaban J connectivity index is 0.000000323. The summed E-state index contributed by atoms with van der Waals surface area (Å²) in [5.41, 5.74) is 7.28. The van der Waals surface area contributed by atoms with Gasteiger partial charge in [-0.15, -0.1) is 0 Å². The van der Waals surface area contributed by atoms with E-state index in [4.69, 9.17) is 0 Å². The molecule has 0 radical (unpaired) electrons. The number of benzene rings is 3. The van der Waals surface area contributed by atoms with Crippen LogP contribution in [0.25, 0.3) is 0 Å². The predicted molar refractivity (Wildman–Crippen MR) is 141 cm³/mol. The van der Waals surface area contributed by atoms with Gasteiger partial charge in [-0.1, -0.05) is 104 Å². The summed E-state index contributed by atoms with van der Waals surface area (Å²) in [6.45, 7) is 12.3.